The van der Waals surface area contributed by atoms with Gasteiger partial charge in [0, 0.05) is 18.9 Å². The summed E-state index contributed by atoms with van der Waals surface area (Å²) in [4.78, 5) is 21.5. The van der Waals surface area contributed by atoms with Crippen molar-refractivity contribution in [1.29, 1.82) is 0 Å². The van der Waals surface area contributed by atoms with Crippen LogP contribution in [0.3, 0.4) is 0 Å². The molecule has 7 nitrogen and oxygen atoms in total. The van der Waals surface area contributed by atoms with Gasteiger partial charge >= 0.3 is 5.97 Å². The van der Waals surface area contributed by atoms with Crippen molar-refractivity contribution in [2.45, 2.75) is 6.04 Å². The van der Waals surface area contributed by atoms with Crippen molar-refractivity contribution in [3.63, 3.8) is 0 Å². The lowest BCUT2D eigenvalue weighted by molar-refractivity contribution is -0.144. The first-order valence-corrected chi connectivity index (χ1v) is 5.22. The monoisotopic (exact) mass is 238 g/mol. The summed E-state index contributed by atoms with van der Waals surface area (Å²) >= 11 is 0. The molecule has 92 valence electrons. The smallest absolute Gasteiger partial charge is 0.330 e. The Bertz CT molecular complexity index is 412. The van der Waals surface area contributed by atoms with Crippen LogP contribution in [0.4, 0.5) is 11.6 Å². The molecule has 0 radical (unpaired) electrons. The van der Waals surface area contributed by atoms with Crippen molar-refractivity contribution in [2.24, 2.45) is 0 Å². The number of carbonyl (C=O) groups excluding carboxylic acids is 1. The fraction of sp³-hybridized carbons (Fsp3) is 0.500. The number of anilines is 2. The molecule has 0 spiro atoms. The summed E-state index contributed by atoms with van der Waals surface area (Å²) in [6.07, 6.45) is 3.04. The lowest BCUT2D eigenvalue weighted by atomic mass is 10.2. The van der Waals surface area contributed by atoms with Crippen LogP contribution in [0.1, 0.15) is 0 Å². The quantitative estimate of drug-likeness (QED) is 0.690. The van der Waals surface area contributed by atoms with Gasteiger partial charge in [-0.15, -0.1) is 0 Å². The van der Waals surface area contributed by atoms with Crippen molar-refractivity contribution < 1.29 is 14.3 Å². The predicted octanol–water partition coefficient (Wildman–Crippen LogP) is -0.563. The molecule has 0 aromatic carbocycles. The Morgan fingerprint density at radius 2 is 2.35 bits per heavy atom. The van der Waals surface area contributed by atoms with Gasteiger partial charge in [-0.2, -0.15) is 0 Å². The van der Waals surface area contributed by atoms with Crippen LogP contribution in [-0.4, -0.2) is 48.8 Å². The van der Waals surface area contributed by atoms with Crippen molar-refractivity contribution in [2.75, 3.05) is 37.5 Å². The third-order valence-corrected chi connectivity index (χ3v) is 2.58. The van der Waals surface area contributed by atoms with Gasteiger partial charge in [0.1, 0.15) is 0 Å². The Morgan fingerprint density at radius 1 is 1.59 bits per heavy atom. The van der Waals surface area contributed by atoms with E-state index in [0.29, 0.717) is 24.8 Å². The predicted molar refractivity (Wildman–Crippen MR) is 60.4 cm³/mol. The van der Waals surface area contributed by atoms with E-state index < -0.39 is 6.04 Å². The molecule has 0 saturated carbocycles. The molecule has 1 aromatic heterocycles. The van der Waals surface area contributed by atoms with Gasteiger partial charge < -0.3 is 20.1 Å². The molecule has 1 unspecified atom stereocenters. The van der Waals surface area contributed by atoms with Crippen LogP contribution in [0.5, 0.6) is 0 Å². The number of carbonyl (C=O) groups is 1. The maximum atomic E-state index is 11.6. The molecule has 2 N–H and O–H groups in total. The Hall–Kier alpha value is -1.89. The van der Waals surface area contributed by atoms with E-state index >= 15 is 0 Å². The van der Waals surface area contributed by atoms with Crippen LogP contribution in [0.15, 0.2) is 12.4 Å². The molecule has 1 aliphatic heterocycles. The van der Waals surface area contributed by atoms with Gasteiger partial charge in [-0.1, -0.05) is 0 Å². The topological polar surface area (TPSA) is 90.6 Å². The summed E-state index contributed by atoms with van der Waals surface area (Å²) < 4.78 is 10.00. The van der Waals surface area contributed by atoms with E-state index in [-0.39, 0.29) is 12.6 Å². The number of aromatic nitrogens is 2. The highest BCUT2D eigenvalue weighted by molar-refractivity contribution is 5.81. The van der Waals surface area contributed by atoms with E-state index in [1.165, 1.54) is 19.5 Å². The molecule has 1 atom stereocenters. The number of hydrogen-bond acceptors (Lipinski definition) is 7. The highest BCUT2D eigenvalue weighted by Gasteiger charge is 2.32. The Morgan fingerprint density at radius 3 is 3.06 bits per heavy atom. The van der Waals surface area contributed by atoms with Crippen molar-refractivity contribution in [3.05, 3.63) is 12.4 Å². The van der Waals surface area contributed by atoms with E-state index in [0.717, 1.165) is 0 Å². The van der Waals surface area contributed by atoms with Gasteiger partial charge in [-0.05, 0) is 0 Å². The number of morpholine rings is 1. The van der Waals surface area contributed by atoms with Crippen molar-refractivity contribution in [3.8, 4) is 0 Å². The molecule has 7 heteroatoms. The zero-order valence-electron chi connectivity index (χ0n) is 9.50. The van der Waals surface area contributed by atoms with Gasteiger partial charge in [0.25, 0.3) is 0 Å². The molecule has 0 amide bonds. The first kappa shape index (κ1) is 11.6. The highest BCUT2D eigenvalue weighted by Crippen LogP contribution is 2.22. The first-order valence-electron chi connectivity index (χ1n) is 5.22. The molecule has 2 heterocycles. The normalized spacial score (nSPS) is 20.1. The van der Waals surface area contributed by atoms with Gasteiger partial charge in [-0.3, -0.25) is 0 Å². The van der Waals surface area contributed by atoms with E-state index in [1.54, 1.807) is 4.90 Å². The number of nitrogens with two attached hydrogens (primary N) is 1. The van der Waals surface area contributed by atoms with Crippen LogP contribution in [0, 0.1) is 0 Å². The molecule has 1 aromatic rings. The van der Waals surface area contributed by atoms with Crippen LogP contribution < -0.4 is 10.6 Å². The summed E-state index contributed by atoms with van der Waals surface area (Å²) in [7, 11) is 1.34. The van der Waals surface area contributed by atoms with Crippen LogP contribution in [-0.2, 0) is 14.3 Å². The third kappa shape index (κ3) is 2.28. The zero-order chi connectivity index (χ0) is 12.3. The number of nitrogen functional groups attached to an aromatic ring is 1. The maximum Gasteiger partial charge on any atom is 0.330 e. The minimum atomic E-state index is -0.521. The van der Waals surface area contributed by atoms with Gasteiger partial charge in [0.2, 0.25) is 0 Å². The minimum absolute atomic E-state index is 0.267. The molecular formula is C10H14N4O3. The average molecular weight is 238 g/mol. The summed E-state index contributed by atoms with van der Waals surface area (Å²) in [6, 6.07) is -0.521. The van der Waals surface area contributed by atoms with Crippen LogP contribution in [0.2, 0.25) is 0 Å². The fourth-order valence-electron chi connectivity index (χ4n) is 1.75. The van der Waals surface area contributed by atoms with Gasteiger partial charge in [-0.25, -0.2) is 14.8 Å². The molecule has 1 fully saturated rings. The van der Waals surface area contributed by atoms with Gasteiger partial charge in [0.05, 0.1) is 20.3 Å². The second-order valence-electron chi connectivity index (χ2n) is 3.57. The Labute approximate surface area is 98.5 Å². The van der Waals surface area contributed by atoms with Crippen LogP contribution >= 0.6 is 0 Å². The van der Waals surface area contributed by atoms with E-state index in [2.05, 4.69) is 9.97 Å². The molecular weight excluding hydrogens is 224 g/mol. The molecule has 0 aliphatic carbocycles. The van der Waals surface area contributed by atoms with Gasteiger partial charge in [0.15, 0.2) is 17.7 Å². The summed E-state index contributed by atoms with van der Waals surface area (Å²) in [5, 5.41) is 0. The second kappa shape index (κ2) is 4.96. The maximum absolute atomic E-state index is 11.6. The number of esters is 1. The number of nitrogens with zero attached hydrogens (tertiary/aromatic N) is 3. The summed E-state index contributed by atoms with van der Waals surface area (Å²) in [5.74, 6) is 0.421. The number of methoxy groups -OCH3 is 1. The van der Waals surface area contributed by atoms with E-state index in [4.69, 9.17) is 15.2 Å². The molecule has 1 saturated heterocycles. The molecule has 1 aliphatic rings. The summed E-state index contributed by atoms with van der Waals surface area (Å²) in [5.41, 5.74) is 5.75. The molecule has 0 bridgehead atoms. The van der Waals surface area contributed by atoms with E-state index in [9.17, 15) is 4.79 Å². The number of hydrogen-bond donors (Lipinski definition) is 1. The largest absolute Gasteiger partial charge is 0.467 e. The van der Waals surface area contributed by atoms with Crippen molar-refractivity contribution in [1.82, 2.24) is 9.97 Å². The first-order chi connectivity index (χ1) is 8.24. The lowest BCUT2D eigenvalue weighted by Gasteiger charge is -2.34. The average Bonchev–Trinajstić information content (AvgIpc) is 2.38. The van der Waals surface area contributed by atoms with Crippen molar-refractivity contribution >= 4 is 17.6 Å². The lowest BCUT2D eigenvalue weighted by Crippen LogP contribution is -2.51. The third-order valence-electron chi connectivity index (χ3n) is 2.58. The Kier molecular flexibility index (Phi) is 3.38. The minimum Gasteiger partial charge on any atom is -0.467 e. The number of ether oxygens (including phenoxy) is 2. The molecule has 2 rings (SSSR count). The standard InChI is InChI=1S/C10H14N4O3/c1-16-10(15)7-6-17-5-4-14(7)9-8(11)12-2-3-13-9/h2-3,7H,4-6H2,1H3,(H2,11,12). The fourth-order valence-corrected chi connectivity index (χ4v) is 1.75. The number of rotatable bonds is 2. The van der Waals surface area contributed by atoms with E-state index in [1.807, 2.05) is 0 Å². The SMILES string of the molecule is COC(=O)C1COCCN1c1nccnc1N. The zero-order valence-corrected chi connectivity index (χ0v) is 9.50. The summed E-state index contributed by atoms with van der Waals surface area (Å²) in [6.45, 7) is 1.31. The second-order valence-corrected chi connectivity index (χ2v) is 3.57. The molecule has 17 heavy (non-hydrogen) atoms. The van der Waals surface area contributed by atoms with Crippen LogP contribution in [0.25, 0.3) is 0 Å². The highest BCUT2D eigenvalue weighted by atomic mass is 16.5. The Balaban J connectivity index is 2.28.